The molecular formula is C17H24N4. The highest BCUT2D eigenvalue weighted by molar-refractivity contribution is 5.98. The van der Waals surface area contributed by atoms with Crippen molar-refractivity contribution in [2.45, 2.75) is 32.2 Å². The smallest absolute Gasteiger partial charge is 0.0951 e. The molecule has 1 fully saturated rings. The predicted octanol–water partition coefficient (Wildman–Crippen LogP) is 3.10. The summed E-state index contributed by atoms with van der Waals surface area (Å²) in [6, 6.07) is 8.45. The first-order valence-corrected chi connectivity index (χ1v) is 7.86. The van der Waals surface area contributed by atoms with Crippen molar-refractivity contribution in [2.24, 2.45) is 0 Å². The number of rotatable bonds is 4. The topological polar surface area (TPSA) is 54.2 Å². The van der Waals surface area contributed by atoms with Gasteiger partial charge in [0, 0.05) is 29.9 Å². The van der Waals surface area contributed by atoms with Crippen LogP contribution >= 0.6 is 0 Å². The van der Waals surface area contributed by atoms with Crippen molar-refractivity contribution in [3.63, 3.8) is 0 Å². The molecule has 0 spiro atoms. The molecule has 2 heterocycles. The van der Waals surface area contributed by atoms with Gasteiger partial charge in [0.1, 0.15) is 0 Å². The normalized spacial score (nSPS) is 17.8. The number of nitrogen functional groups attached to an aromatic ring is 1. The van der Waals surface area contributed by atoms with E-state index in [0.717, 1.165) is 28.8 Å². The molecule has 1 aliphatic heterocycles. The van der Waals surface area contributed by atoms with Gasteiger partial charge in [-0.05, 0) is 57.1 Å². The summed E-state index contributed by atoms with van der Waals surface area (Å²) in [7, 11) is 0. The lowest BCUT2D eigenvalue weighted by atomic mass is 10.1. The minimum atomic E-state index is 0.412. The Balaban J connectivity index is 1.73. The number of hydrogen-bond acceptors (Lipinski definition) is 4. The minimum Gasteiger partial charge on any atom is -0.397 e. The molecule has 1 aromatic heterocycles. The summed E-state index contributed by atoms with van der Waals surface area (Å²) in [5.74, 6) is 0. The zero-order valence-electron chi connectivity index (χ0n) is 12.7. The van der Waals surface area contributed by atoms with Crippen molar-refractivity contribution in [3.05, 3.63) is 30.5 Å². The molecule has 1 atom stereocenters. The van der Waals surface area contributed by atoms with E-state index in [1.807, 2.05) is 12.1 Å². The second kappa shape index (κ2) is 6.31. The summed E-state index contributed by atoms with van der Waals surface area (Å²) in [5, 5.41) is 4.72. The fraction of sp³-hybridized carbons (Fsp3) is 0.471. The Labute approximate surface area is 126 Å². The fourth-order valence-electron chi connectivity index (χ4n) is 3.16. The second-order valence-electron chi connectivity index (χ2n) is 6.01. The molecule has 0 saturated carbocycles. The van der Waals surface area contributed by atoms with E-state index in [0.29, 0.717) is 6.04 Å². The van der Waals surface area contributed by atoms with E-state index in [1.54, 1.807) is 6.20 Å². The van der Waals surface area contributed by atoms with E-state index in [-0.39, 0.29) is 0 Å². The predicted molar refractivity (Wildman–Crippen MR) is 89.5 cm³/mol. The molecule has 0 amide bonds. The first-order chi connectivity index (χ1) is 10.2. The number of benzene rings is 1. The molecule has 1 aromatic carbocycles. The maximum absolute atomic E-state index is 6.01. The number of likely N-dealkylation sites (tertiary alicyclic amines) is 1. The number of fused-ring (bicyclic) bond motifs is 1. The number of nitrogens with two attached hydrogens (primary N) is 1. The Kier molecular flexibility index (Phi) is 4.25. The van der Waals surface area contributed by atoms with Crippen LogP contribution in [0.15, 0.2) is 30.5 Å². The van der Waals surface area contributed by atoms with Gasteiger partial charge >= 0.3 is 0 Å². The zero-order valence-corrected chi connectivity index (χ0v) is 12.7. The molecule has 0 radical (unpaired) electrons. The van der Waals surface area contributed by atoms with Gasteiger partial charge in [-0.25, -0.2) is 0 Å². The van der Waals surface area contributed by atoms with E-state index in [1.165, 1.54) is 32.4 Å². The van der Waals surface area contributed by atoms with Crippen molar-refractivity contribution in [1.29, 1.82) is 0 Å². The summed E-state index contributed by atoms with van der Waals surface area (Å²) >= 11 is 0. The second-order valence-corrected chi connectivity index (χ2v) is 6.01. The van der Waals surface area contributed by atoms with Crippen molar-refractivity contribution in [3.8, 4) is 0 Å². The van der Waals surface area contributed by atoms with Crippen LogP contribution in [-0.4, -0.2) is 35.6 Å². The number of piperidine rings is 1. The Hall–Kier alpha value is -1.81. The lowest BCUT2D eigenvalue weighted by molar-refractivity contribution is 0.223. The van der Waals surface area contributed by atoms with Crippen LogP contribution in [0.1, 0.15) is 26.2 Å². The molecule has 21 heavy (non-hydrogen) atoms. The van der Waals surface area contributed by atoms with Gasteiger partial charge in [-0.15, -0.1) is 0 Å². The number of aromatic nitrogens is 1. The van der Waals surface area contributed by atoms with Gasteiger partial charge in [0.05, 0.1) is 11.2 Å². The van der Waals surface area contributed by atoms with Crippen molar-refractivity contribution in [2.75, 3.05) is 30.7 Å². The van der Waals surface area contributed by atoms with Crippen LogP contribution in [0.25, 0.3) is 10.9 Å². The van der Waals surface area contributed by atoms with Crippen molar-refractivity contribution in [1.82, 2.24) is 9.88 Å². The van der Waals surface area contributed by atoms with Crippen LogP contribution in [0.3, 0.4) is 0 Å². The maximum Gasteiger partial charge on any atom is 0.0951 e. The van der Waals surface area contributed by atoms with Gasteiger partial charge < -0.3 is 16.0 Å². The van der Waals surface area contributed by atoms with Gasteiger partial charge in [-0.2, -0.15) is 0 Å². The number of anilines is 2. The molecular weight excluding hydrogens is 260 g/mol. The minimum absolute atomic E-state index is 0.412. The molecule has 0 bridgehead atoms. The Morgan fingerprint density at radius 1 is 1.24 bits per heavy atom. The van der Waals surface area contributed by atoms with E-state index in [4.69, 9.17) is 5.73 Å². The molecule has 1 unspecified atom stereocenters. The van der Waals surface area contributed by atoms with E-state index >= 15 is 0 Å². The first-order valence-electron chi connectivity index (χ1n) is 7.86. The molecule has 4 nitrogen and oxygen atoms in total. The molecule has 2 aromatic rings. The molecule has 0 aliphatic carbocycles. The monoisotopic (exact) mass is 284 g/mol. The lowest BCUT2D eigenvalue weighted by Crippen LogP contribution is -2.38. The van der Waals surface area contributed by atoms with E-state index in [2.05, 4.69) is 34.3 Å². The fourth-order valence-corrected chi connectivity index (χ4v) is 3.16. The van der Waals surface area contributed by atoms with Crippen LogP contribution in [-0.2, 0) is 0 Å². The van der Waals surface area contributed by atoms with Crippen LogP contribution < -0.4 is 11.1 Å². The molecule has 4 heteroatoms. The summed E-state index contributed by atoms with van der Waals surface area (Å²) in [6.07, 6.45) is 5.84. The SMILES string of the molecule is CC(CN1CCCCC1)Nc1ccc(N)c2ncccc12. The van der Waals surface area contributed by atoms with Crippen molar-refractivity contribution >= 4 is 22.3 Å². The number of pyridine rings is 1. The Bertz CT molecular complexity index is 605. The summed E-state index contributed by atoms with van der Waals surface area (Å²) in [4.78, 5) is 6.94. The highest BCUT2D eigenvalue weighted by atomic mass is 15.1. The number of nitrogens with one attached hydrogen (secondary N) is 1. The van der Waals surface area contributed by atoms with E-state index < -0.39 is 0 Å². The molecule has 1 saturated heterocycles. The third kappa shape index (κ3) is 3.27. The Morgan fingerprint density at radius 3 is 2.86 bits per heavy atom. The van der Waals surface area contributed by atoms with Crippen molar-refractivity contribution < 1.29 is 0 Å². The molecule has 3 N–H and O–H groups in total. The van der Waals surface area contributed by atoms with Gasteiger partial charge in [-0.1, -0.05) is 6.42 Å². The van der Waals surface area contributed by atoms with Crippen LogP contribution in [0.2, 0.25) is 0 Å². The largest absolute Gasteiger partial charge is 0.397 e. The summed E-state index contributed by atoms with van der Waals surface area (Å²) in [6.45, 7) is 5.80. The molecule has 1 aliphatic rings. The average molecular weight is 284 g/mol. The third-order valence-electron chi connectivity index (χ3n) is 4.18. The zero-order chi connectivity index (χ0) is 14.7. The standard InChI is InChI=1S/C17H24N4/c1-13(12-21-10-3-2-4-11-21)20-16-8-7-15(18)17-14(16)6-5-9-19-17/h5-9,13,20H,2-4,10-12,18H2,1H3. The first kappa shape index (κ1) is 14.1. The maximum atomic E-state index is 6.01. The van der Waals surface area contributed by atoms with E-state index in [9.17, 15) is 0 Å². The van der Waals surface area contributed by atoms with Gasteiger partial charge in [0.25, 0.3) is 0 Å². The molecule has 3 rings (SSSR count). The van der Waals surface area contributed by atoms with Gasteiger partial charge in [0.2, 0.25) is 0 Å². The highest BCUT2D eigenvalue weighted by Crippen LogP contribution is 2.27. The summed E-state index contributed by atoms with van der Waals surface area (Å²) in [5.41, 5.74) is 8.75. The van der Waals surface area contributed by atoms with Gasteiger partial charge in [0.15, 0.2) is 0 Å². The quantitative estimate of drug-likeness (QED) is 0.847. The Morgan fingerprint density at radius 2 is 2.05 bits per heavy atom. The molecule has 112 valence electrons. The van der Waals surface area contributed by atoms with Crippen LogP contribution in [0.4, 0.5) is 11.4 Å². The summed E-state index contributed by atoms with van der Waals surface area (Å²) < 4.78 is 0. The third-order valence-corrected chi connectivity index (χ3v) is 4.18. The average Bonchev–Trinajstić information content (AvgIpc) is 2.51. The van der Waals surface area contributed by atoms with Crippen LogP contribution in [0.5, 0.6) is 0 Å². The lowest BCUT2D eigenvalue weighted by Gasteiger charge is -2.30. The van der Waals surface area contributed by atoms with Gasteiger partial charge in [-0.3, -0.25) is 4.98 Å². The number of nitrogens with zero attached hydrogens (tertiary/aromatic N) is 2. The number of hydrogen-bond donors (Lipinski definition) is 2. The highest BCUT2D eigenvalue weighted by Gasteiger charge is 2.14. The van der Waals surface area contributed by atoms with Crippen LogP contribution in [0, 0.1) is 0 Å².